The number of carbonyl (C=O) groups is 1. The van der Waals surface area contributed by atoms with E-state index < -0.39 is 0 Å². The van der Waals surface area contributed by atoms with E-state index >= 15 is 0 Å². The fourth-order valence-electron chi connectivity index (χ4n) is 3.01. The number of hydrogen-bond donors (Lipinski definition) is 1. The van der Waals surface area contributed by atoms with Gasteiger partial charge in [-0.25, -0.2) is 4.79 Å². The van der Waals surface area contributed by atoms with Crippen molar-refractivity contribution >= 4 is 34.9 Å². The molecule has 0 saturated heterocycles. The predicted molar refractivity (Wildman–Crippen MR) is 107 cm³/mol. The summed E-state index contributed by atoms with van der Waals surface area (Å²) in [5, 5.41) is 4.53. The molecule has 134 valence electrons. The number of allylic oxidation sites excluding steroid dienone is 1. The molecule has 0 fully saturated rings. The molecule has 0 amide bonds. The average molecular weight is 387 g/mol. The van der Waals surface area contributed by atoms with E-state index in [-0.39, 0.29) is 12.0 Å². The van der Waals surface area contributed by atoms with Crippen molar-refractivity contribution in [1.29, 1.82) is 0 Å². The molecule has 0 spiro atoms. The average Bonchev–Trinajstić information content (AvgIpc) is 2.66. The molecule has 2 aromatic carbocycles. The fraction of sp³-hybridized carbons (Fsp3) is 0.200. The summed E-state index contributed by atoms with van der Waals surface area (Å²) in [5.74, 6) is -0.368. The van der Waals surface area contributed by atoms with Gasteiger partial charge in [0, 0.05) is 17.3 Å². The van der Waals surface area contributed by atoms with Crippen LogP contribution >= 0.6 is 23.8 Å². The topological polar surface area (TPSA) is 41.6 Å². The second kappa shape index (κ2) is 7.89. The third-order valence-corrected chi connectivity index (χ3v) is 4.98. The zero-order chi connectivity index (χ0) is 18.7. The normalized spacial score (nSPS) is 17.1. The van der Waals surface area contributed by atoms with E-state index in [1.54, 1.807) is 0 Å². The Hall–Kier alpha value is -2.37. The number of hydrogen-bond acceptors (Lipinski definition) is 3. The lowest BCUT2D eigenvalue weighted by molar-refractivity contribution is -0.136. The highest BCUT2D eigenvalue weighted by atomic mass is 35.5. The molecule has 1 unspecified atom stereocenters. The molecule has 1 aliphatic rings. The Morgan fingerprint density at radius 2 is 1.85 bits per heavy atom. The number of esters is 1. The largest absolute Gasteiger partial charge is 0.466 e. The smallest absolute Gasteiger partial charge is 0.337 e. The van der Waals surface area contributed by atoms with Crippen LogP contribution < -0.4 is 5.32 Å². The number of thiocarbonyl (C=S) groups is 1. The molecule has 26 heavy (non-hydrogen) atoms. The first-order valence-electron chi connectivity index (χ1n) is 8.17. The summed E-state index contributed by atoms with van der Waals surface area (Å²) in [7, 11) is 1.39. The van der Waals surface area contributed by atoms with Crippen LogP contribution in [0.15, 0.2) is 65.9 Å². The van der Waals surface area contributed by atoms with Crippen molar-refractivity contribution in [1.82, 2.24) is 10.2 Å². The lowest BCUT2D eigenvalue weighted by Gasteiger charge is -2.37. The van der Waals surface area contributed by atoms with Crippen molar-refractivity contribution < 1.29 is 9.53 Å². The van der Waals surface area contributed by atoms with E-state index in [4.69, 9.17) is 28.6 Å². The van der Waals surface area contributed by atoms with Crippen molar-refractivity contribution in [2.24, 2.45) is 0 Å². The van der Waals surface area contributed by atoms with Gasteiger partial charge < -0.3 is 15.0 Å². The Labute approximate surface area is 163 Å². The van der Waals surface area contributed by atoms with Gasteiger partial charge in [0.2, 0.25) is 0 Å². The van der Waals surface area contributed by atoms with Gasteiger partial charge >= 0.3 is 5.97 Å². The molecule has 1 heterocycles. The number of benzene rings is 2. The first-order chi connectivity index (χ1) is 12.5. The van der Waals surface area contributed by atoms with E-state index in [0.29, 0.717) is 22.3 Å². The Balaban J connectivity index is 2.00. The zero-order valence-corrected chi connectivity index (χ0v) is 16.1. The van der Waals surface area contributed by atoms with Gasteiger partial charge in [0.25, 0.3) is 0 Å². The number of nitrogens with one attached hydrogen (secondary N) is 1. The van der Waals surface area contributed by atoms with Crippen LogP contribution in [0.25, 0.3) is 0 Å². The third-order valence-electron chi connectivity index (χ3n) is 4.39. The minimum absolute atomic E-state index is 0.336. The van der Waals surface area contributed by atoms with Crippen molar-refractivity contribution in [3.05, 3.63) is 82.0 Å². The van der Waals surface area contributed by atoms with Crippen LogP contribution in [0.2, 0.25) is 5.02 Å². The Morgan fingerprint density at radius 3 is 2.46 bits per heavy atom. The molecule has 0 radical (unpaired) electrons. The van der Waals surface area contributed by atoms with Gasteiger partial charge in [-0.05, 0) is 42.4 Å². The molecular formula is C20H19ClN2O2S. The van der Waals surface area contributed by atoms with Gasteiger partial charge in [-0.1, -0.05) is 54.1 Å². The summed E-state index contributed by atoms with van der Waals surface area (Å²) in [4.78, 5) is 14.4. The van der Waals surface area contributed by atoms with E-state index in [1.165, 1.54) is 7.11 Å². The zero-order valence-electron chi connectivity index (χ0n) is 14.5. The molecule has 6 heteroatoms. The summed E-state index contributed by atoms with van der Waals surface area (Å²) in [6.07, 6.45) is 0. The Kier molecular flexibility index (Phi) is 5.59. The fourth-order valence-corrected chi connectivity index (χ4v) is 3.46. The molecule has 0 saturated carbocycles. The van der Waals surface area contributed by atoms with Crippen molar-refractivity contribution in [2.75, 3.05) is 7.11 Å². The van der Waals surface area contributed by atoms with Crippen LogP contribution in [0.4, 0.5) is 0 Å². The number of methoxy groups -OCH3 is 1. The highest BCUT2D eigenvalue weighted by Crippen LogP contribution is 2.32. The second-order valence-electron chi connectivity index (χ2n) is 6.00. The maximum absolute atomic E-state index is 12.5. The molecular weight excluding hydrogens is 368 g/mol. The van der Waals surface area contributed by atoms with E-state index in [2.05, 4.69) is 5.32 Å². The van der Waals surface area contributed by atoms with Crippen molar-refractivity contribution in [3.63, 3.8) is 0 Å². The molecule has 0 bridgehead atoms. The van der Waals surface area contributed by atoms with Gasteiger partial charge in [0.1, 0.15) is 0 Å². The van der Waals surface area contributed by atoms with Crippen LogP contribution in [0.1, 0.15) is 24.1 Å². The van der Waals surface area contributed by atoms with Crippen molar-refractivity contribution in [2.45, 2.75) is 19.5 Å². The Morgan fingerprint density at radius 1 is 1.19 bits per heavy atom. The van der Waals surface area contributed by atoms with Crippen LogP contribution in [0.3, 0.4) is 0 Å². The molecule has 2 aromatic rings. The lowest BCUT2D eigenvalue weighted by Crippen LogP contribution is -2.47. The number of ether oxygens (including phenoxy) is 1. The molecule has 3 rings (SSSR count). The van der Waals surface area contributed by atoms with Crippen LogP contribution in [-0.2, 0) is 16.1 Å². The van der Waals surface area contributed by atoms with Gasteiger partial charge in [-0.15, -0.1) is 0 Å². The monoisotopic (exact) mass is 386 g/mol. The van der Waals surface area contributed by atoms with Gasteiger partial charge in [-0.2, -0.15) is 0 Å². The minimum atomic E-state index is -0.368. The number of carbonyl (C=O) groups excluding carboxylic acids is 1. The SMILES string of the molecule is COC(=O)C1=C(C)N(Cc2ccc(Cl)cc2)C(=S)NC1c1ccccc1. The minimum Gasteiger partial charge on any atom is -0.466 e. The van der Waals surface area contributed by atoms with Crippen LogP contribution in [0.5, 0.6) is 0 Å². The first-order valence-corrected chi connectivity index (χ1v) is 8.96. The molecule has 0 aliphatic carbocycles. The number of rotatable bonds is 4. The highest BCUT2D eigenvalue weighted by Gasteiger charge is 2.34. The lowest BCUT2D eigenvalue weighted by atomic mass is 9.95. The second-order valence-corrected chi connectivity index (χ2v) is 6.82. The third kappa shape index (κ3) is 3.74. The molecule has 4 nitrogen and oxygen atoms in total. The van der Waals surface area contributed by atoms with E-state index in [1.807, 2.05) is 66.4 Å². The quantitative estimate of drug-likeness (QED) is 0.629. The summed E-state index contributed by atoms with van der Waals surface area (Å²) < 4.78 is 5.04. The predicted octanol–water partition coefficient (Wildman–Crippen LogP) is 4.22. The molecule has 0 aromatic heterocycles. The first kappa shape index (κ1) is 18.4. The van der Waals surface area contributed by atoms with E-state index in [0.717, 1.165) is 16.8 Å². The summed E-state index contributed by atoms with van der Waals surface area (Å²) in [6.45, 7) is 2.43. The number of halogens is 1. The summed E-state index contributed by atoms with van der Waals surface area (Å²) in [6, 6.07) is 17.0. The van der Waals surface area contributed by atoms with E-state index in [9.17, 15) is 4.79 Å². The van der Waals surface area contributed by atoms with Crippen LogP contribution in [0, 0.1) is 0 Å². The highest BCUT2D eigenvalue weighted by molar-refractivity contribution is 7.80. The molecule has 1 N–H and O–H groups in total. The number of nitrogens with zero attached hydrogens (tertiary/aromatic N) is 1. The Bertz CT molecular complexity index is 850. The summed E-state index contributed by atoms with van der Waals surface area (Å²) in [5.41, 5.74) is 3.34. The standard InChI is InChI=1S/C20H19ClN2O2S/c1-13-17(19(24)25-2)18(15-6-4-3-5-7-15)22-20(26)23(13)12-14-8-10-16(21)11-9-14/h3-11,18H,12H2,1-2H3,(H,22,26). The maximum Gasteiger partial charge on any atom is 0.337 e. The van der Waals surface area contributed by atoms with Crippen LogP contribution in [-0.4, -0.2) is 23.1 Å². The summed E-state index contributed by atoms with van der Waals surface area (Å²) >= 11 is 11.5. The molecule has 1 aliphatic heterocycles. The van der Waals surface area contributed by atoms with Gasteiger partial charge in [0.05, 0.1) is 18.7 Å². The molecule has 1 atom stereocenters. The van der Waals surface area contributed by atoms with Gasteiger partial charge in [-0.3, -0.25) is 0 Å². The van der Waals surface area contributed by atoms with Crippen molar-refractivity contribution in [3.8, 4) is 0 Å². The van der Waals surface area contributed by atoms with Gasteiger partial charge in [0.15, 0.2) is 5.11 Å². The maximum atomic E-state index is 12.5.